The molecule has 44 heavy (non-hydrogen) atoms. The van der Waals surface area contributed by atoms with Crippen LogP contribution in [0.3, 0.4) is 0 Å². The van der Waals surface area contributed by atoms with Gasteiger partial charge in [0, 0.05) is 22.3 Å². The van der Waals surface area contributed by atoms with Gasteiger partial charge in [-0.15, -0.1) is 0 Å². The molecule has 1 fully saturated rings. The van der Waals surface area contributed by atoms with Gasteiger partial charge in [0.25, 0.3) is 0 Å². The summed E-state index contributed by atoms with van der Waals surface area (Å²) in [7, 11) is -3.16. The molecule has 15 heteroatoms. The standard InChI is InChI=1S/C29H24O11S2.2Na/c1-35-23-10-6-21(7-11-23)29(36-15-16-37-29)22-8-12-24(13-9-22)38-26-14-5-20(18-27(26)41-40-39-31)28(30)19-3-2-4-25(17-19)42(32,33)34;;/h2-14,17-18,31H,15-16H2,1H3,(H,32,33,34);;/q;2*+1/p-2. The molecule has 0 radical (unpaired) electrons. The van der Waals surface area contributed by atoms with Crippen LogP contribution in [0.2, 0.25) is 0 Å². The van der Waals surface area contributed by atoms with Gasteiger partial charge in [0.2, 0.25) is 5.79 Å². The van der Waals surface area contributed by atoms with Crippen LogP contribution in [-0.4, -0.2) is 39.1 Å². The van der Waals surface area contributed by atoms with Crippen LogP contribution in [-0.2, 0) is 34.8 Å². The summed E-state index contributed by atoms with van der Waals surface area (Å²) >= 11 is 0.516. The van der Waals surface area contributed by atoms with E-state index < -0.39 is 26.6 Å². The van der Waals surface area contributed by atoms with Crippen molar-refractivity contribution in [3.8, 4) is 17.2 Å². The molecule has 1 saturated heterocycles. The maximum atomic E-state index is 13.1. The fourth-order valence-corrected chi connectivity index (χ4v) is 5.39. The Hall–Kier alpha value is -1.79. The summed E-state index contributed by atoms with van der Waals surface area (Å²) in [5.74, 6) is -0.320. The molecule has 1 aliphatic rings. The summed E-state index contributed by atoms with van der Waals surface area (Å²) < 4.78 is 62.0. The predicted molar refractivity (Wildman–Crippen MR) is 145 cm³/mol. The van der Waals surface area contributed by atoms with Crippen molar-refractivity contribution in [3.63, 3.8) is 0 Å². The minimum Gasteiger partial charge on any atom is -0.744 e. The smallest absolute Gasteiger partial charge is 0.744 e. The number of carbonyl (C=O) groups excluding carboxylic acids is 1. The minimum atomic E-state index is -4.75. The molecule has 0 saturated carbocycles. The fourth-order valence-electron chi connectivity index (χ4n) is 4.40. The number of rotatable bonds is 11. The van der Waals surface area contributed by atoms with Gasteiger partial charge in [0.15, 0.2) is 5.78 Å². The fraction of sp³-hybridized carbons (Fsp3) is 0.138. The third-order valence-electron chi connectivity index (χ3n) is 6.37. The number of ketones is 1. The quantitative estimate of drug-likeness (QED) is 0.0443. The van der Waals surface area contributed by atoms with Crippen molar-refractivity contribution in [1.82, 2.24) is 0 Å². The van der Waals surface area contributed by atoms with E-state index in [1.54, 1.807) is 31.4 Å². The monoisotopic (exact) mass is 656 g/mol. The second-order valence-corrected chi connectivity index (χ2v) is 11.0. The molecule has 11 nitrogen and oxygen atoms in total. The third-order valence-corrected chi connectivity index (χ3v) is 7.82. The molecule has 0 aliphatic carbocycles. The molecule has 4 aromatic carbocycles. The molecule has 218 valence electrons. The van der Waals surface area contributed by atoms with E-state index in [4.69, 9.17) is 18.9 Å². The van der Waals surface area contributed by atoms with E-state index in [2.05, 4.69) is 9.37 Å². The number of ether oxygens (including phenoxy) is 4. The van der Waals surface area contributed by atoms with Gasteiger partial charge in [-0.25, -0.2) is 8.42 Å². The van der Waals surface area contributed by atoms with Gasteiger partial charge < -0.3 is 28.8 Å². The van der Waals surface area contributed by atoms with Crippen LogP contribution in [0.15, 0.2) is 101 Å². The first-order valence-electron chi connectivity index (χ1n) is 12.3. The first kappa shape index (κ1) is 36.7. The number of benzene rings is 4. The molecule has 1 aliphatic heterocycles. The van der Waals surface area contributed by atoms with Gasteiger partial charge in [0.1, 0.15) is 27.4 Å². The van der Waals surface area contributed by atoms with Crippen LogP contribution in [0.1, 0.15) is 27.0 Å². The molecule has 4 aromatic rings. The maximum absolute atomic E-state index is 13.1. The Morgan fingerprint density at radius 1 is 0.841 bits per heavy atom. The van der Waals surface area contributed by atoms with E-state index in [0.717, 1.165) is 23.3 Å². The van der Waals surface area contributed by atoms with Crippen molar-refractivity contribution >= 4 is 27.9 Å². The molecular weight excluding hydrogens is 634 g/mol. The average molecular weight is 657 g/mol. The summed E-state index contributed by atoms with van der Waals surface area (Å²) in [6, 6.07) is 23.5. The molecule has 0 amide bonds. The third kappa shape index (κ3) is 8.32. The molecule has 0 N–H and O–H groups in total. The molecule has 5 rings (SSSR count). The number of methoxy groups -OCH3 is 1. The maximum Gasteiger partial charge on any atom is 1.00 e. The van der Waals surface area contributed by atoms with Crippen molar-refractivity contribution in [1.29, 1.82) is 0 Å². The summed E-state index contributed by atoms with van der Waals surface area (Å²) in [6.45, 7) is 0.823. The Balaban J connectivity index is 0.00000264. The van der Waals surface area contributed by atoms with E-state index in [9.17, 15) is 23.0 Å². The van der Waals surface area contributed by atoms with Crippen LogP contribution >= 0.6 is 12.0 Å². The number of hydrogen-bond donors (Lipinski definition) is 0. The zero-order valence-electron chi connectivity index (χ0n) is 23.9. The van der Waals surface area contributed by atoms with Gasteiger partial charge in [-0.3, -0.25) is 9.83 Å². The Morgan fingerprint density at radius 2 is 1.43 bits per heavy atom. The molecule has 1 heterocycles. The second kappa shape index (κ2) is 16.2. The van der Waals surface area contributed by atoms with Gasteiger partial charge in [-0.05, 0) is 78.9 Å². The number of carbonyl (C=O) groups is 1. The summed E-state index contributed by atoms with van der Waals surface area (Å²) in [5.41, 5.74) is 1.63. The molecule has 0 bridgehead atoms. The normalized spacial score (nSPS) is 13.8. The van der Waals surface area contributed by atoms with Gasteiger partial charge in [-0.1, -0.05) is 12.1 Å². The molecule has 0 spiro atoms. The molecule has 0 aromatic heterocycles. The Bertz CT molecular complexity index is 1680. The molecule has 0 unspecified atom stereocenters. The molecule has 0 atom stereocenters. The summed E-state index contributed by atoms with van der Waals surface area (Å²) in [4.78, 5) is 12.7. The zero-order valence-corrected chi connectivity index (χ0v) is 29.5. The van der Waals surface area contributed by atoms with E-state index in [1.165, 1.54) is 30.3 Å². The van der Waals surface area contributed by atoms with E-state index in [1.807, 2.05) is 24.3 Å². The van der Waals surface area contributed by atoms with Crippen molar-refractivity contribution in [2.75, 3.05) is 20.3 Å². The van der Waals surface area contributed by atoms with E-state index in [0.29, 0.717) is 36.8 Å². The summed E-state index contributed by atoms with van der Waals surface area (Å²) in [5, 5.41) is 14.0. The van der Waals surface area contributed by atoms with Crippen LogP contribution in [0, 0.1) is 0 Å². The van der Waals surface area contributed by atoms with Crippen LogP contribution in [0.5, 0.6) is 17.2 Å². The SMILES string of the molecule is COc1ccc(C2(c3ccc(Oc4ccc(C(=O)c5cccc(S(=O)(=O)[O-])c5)cc4SOO[O-])cc3)OCCO2)cc1.[Na+].[Na+]. The van der Waals surface area contributed by atoms with Gasteiger partial charge in [0.05, 0.1) is 42.2 Å². The minimum absolute atomic E-state index is 0. The van der Waals surface area contributed by atoms with E-state index in [-0.39, 0.29) is 80.9 Å². The van der Waals surface area contributed by atoms with Crippen LogP contribution in [0.25, 0.3) is 0 Å². The van der Waals surface area contributed by atoms with Crippen molar-refractivity contribution in [3.05, 3.63) is 113 Å². The summed E-state index contributed by atoms with van der Waals surface area (Å²) in [6.07, 6.45) is 0. The van der Waals surface area contributed by atoms with Crippen molar-refractivity contribution in [2.24, 2.45) is 0 Å². The first-order valence-corrected chi connectivity index (χ1v) is 14.5. The zero-order chi connectivity index (χ0) is 29.7. The van der Waals surface area contributed by atoms with Crippen molar-refractivity contribution in [2.45, 2.75) is 15.6 Å². The Labute approximate surface area is 302 Å². The molecular formula is C29H22Na2O11S2. The average Bonchev–Trinajstić information content (AvgIpc) is 3.51. The van der Waals surface area contributed by atoms with Gasteiger partial charge in [-0.2, -0.15) is 4.33 Å². The van der Waals surface area contributed by atoms with Crippen LogP contribution < -0.4 is 73.8 Å². The Kier molecular flexibility index (Phi) is 13.5. The largest absolute Gasteiger partial charge is 1.00 e. The van der Waals surface area contributed by atoms with Gasteiger partial charge >= 0.3 is 59.1 Å². The van der Waals surface area contributed by atoms with E-state index >= 15 is 0 Å². The number of hydrogen-bond acceptors (Lipinski definition) is 12. The second-order valence-electron chi connectivity index (χ2n) is 8.86. The Morgan fingerprint density at radius 3 is 2.00 bits per heavy atom. The van der Waals surface area contributed by atoms with Crippen LogP contribution in [0.4, 0.5) is 0 Å². The van der Waals surface area contributed by atoms with Crippen molar-refractivity contribution < 1.29 is 110 Å². The topological polar surface area (TPSA) is 153 Å². The predicted octanol–water partition coefficient (Wildman–Crippen LogP) is -1.89. The first-order chi connectivity index (χ1) is 20.2.